The van der Waals surface area contributed by atoms with Gasteiger partial charge in [0.05, 0.1) is 13.2 Å². The third-order valence-electron chi connectivity index (χ3n) is 11.6. The number of aliphatic hydroxyl groups is 4. The first-order valence-electron chi connectivity index (χ1n) is 23.2. The van der Waals surface area contributed by atoms with Gasteiger partial charge in [-0.2, -0.15) is 0 Å². The van der Waals surface area contributed by atoms with E-state index in [1.165, 1.54) is 116 Å². The highest BCUT2D eigenvalue weighted by Crippen LogP contribution is 2.45. The van der Waals surface area contributed by atoms with Gasteiger partial charge in [-0.1, -0.05) is 154 Å². The summed E-state index contributed by atoms with van der Waals surface area (Å²) in [6, 6.07) is 0. The van der Waals surface area contributed by atoms with Crippen molar-refractivity contribution in [1.82, 2.24) is 0 Å². The van der Waals surface area contributed by atoms with Crippen molar-refractivity contribution in [2.75, 3.05) is 19.8 Å². The van der Waals surface area contributed by atoms with Gasteiger partial charge in [0.15, 0.2) is 12.4 Å². The number of unbranched alkanes of at least 4 members (excludes halogenated alkanes) is 20. The number of allylic oxidation sites excluding steroid dienone is 2. The Bertz CT molecular complexity index is 989. The third kappa shape index (κ3) is 24.4. The molecule has 1 saturated carbocycles. The second kappa shape index (κ2) is 33.3. The van der Waals surface area contributed by atoms with E-state index in [2.05, 4.69) is 26.0 Å². The molecule has 0 unspecified atom stereocenters. The molecule has 56 heavy (non-hydrogen) atoms. The molecule has 4 N–H and O–H groups in total. The van der Waals surface area contributed by atoms with E-state index in [1.807, 2.05) is 0 Å². The van der Waals surface area contributed by atoms with Crippen molar-refractivity contribution in [2.45, 2.75) is 237 Å². The number of carbonyl (C=O) groups excluding carboxylic acids is 2. The molecule has 0 radical (unpaired) electrons. The average molecular weight is 797 g/mol. The average Bonchev–Trinajstić information content (AvgIpc) is 3.95. The summed E-state index contributed by atoms with van der Waals surface area (Å²) in [4.78, 5) is 25.4. The zero-order valence-electron chi connectivity index (χ0n) is 35.6. The van der Waals surface area contributed by atoms with Gasteiger partial charge in [0, 0.05) is 12.8 Å². The van der Waals surface area contributed by atoms with E-state index in [1.54, 1.807) is 0 Å². The molecule has 0 bridgehead atoms. The standard InChI is InChI=1S/C46H84O10/c1-3-5-7-9-11-12-13-14-15-16-17-18-19-23-28-32-42(49)55-39(36-54-46-45(52)44(51)43(50)40(34-47)56-46)35-53-41(48)31-27-24-20-22-26-30-38-33-37(38)29-25-21-10-8-6-4-2/h14-15,37-40,43-47,50-52H,3-13,16-36H2,1-2H3/b15-14-/t37-,38+,39-,40-,43-,44+,45-,46+/m1/s1. The second-order valence-electron chi connectivity index (χ2n) is 16.8. The number of carbonyl (C=O) groups is 2. The highest BCUT2D eigenvalue weighted by molar-refractivity contribution is 5.70. The highest BCUT2D eigenvalue weighted by atomic mass is 16.7. The lowest BCUT2D eigenvalue weighted by atomic mass is 9.99. The number of aliphatic hydroxyl groups excluding tert-OH is 4. The summed E-state index contributed by atoms with van der Waals surface area (Å²) in [5.74, 6) is 1.11. The molecule has 0 amide bonds. The summed E-state index contributed by atoms with van der Waals surface area (Å²) in [7, 11) is 0. The number of rotatable bonds is 37. The molecule has 0 aromatic heterocycles. The molecular formula is C46H84O10. The first-order valence-corrected chi connectivity index (χ1v) is 23.2. The van der Waals surface area contributed by atoms with Crippen molar-refractivity contribution in [2.24, 2.45) is 11.8 Å². The normalized spacial score (nSPS) is 24.1. The number of ether oxygens (including phenoxy) is 4. The van der Waals surface area contributed by atoms with Crippen LogP contribution in [0.5, 0.6) is 0 Å². The van der Waals surface area contributed by atoms with Crippen LogP contribution < -0.4 is 0 Å². The van der Waals surface area contributed by atoms with Crippen LogP contribution in [0.2, 0.25) is 0 Å². The maximum atomic E-state index is 12.8. The third-order valence-corrected chi connectivity index (χ3v) is 11.6. The lowest BCUT2D eigenvalue weighted by molar-refractivity contribution is -0.305. The quantitative estimate of drug-likeness (QED) is 0.0272. The number of hydrogen-bond donors (Lipinski definition) is 4. The van der Waals surface area contributed by atoms with Gasteiger partial charge in [-0.05, 0) is 56.8 Å². The lowest BCUT2D eigenvalue weighted by Gasteiger charge is -2.39. The maximum absolute atomic E-state index is 12.8. The molecule has 10 nitrogen and oxygen atoms in total. The molecule has 0 spiro atoms. The Balaban J connectivity index is 1.62. The summed E-state index contributed by atoms with van der Waals surface area (Å²) in [5, 5.41) is 40.1. The number of esters is 2. The van der Waals surface area contributed by atoms with E-state index in [9.17, 15) is 30.0 Å². The first-order chi connectivity index (χ1) is 27.3. The van der Waals surface area contributed by atoms with E-state index in [4.69, 9.17) is 18.9 Å². The van der Waals surface area contributed by atoms with E-state index < -0.39 is 49.4 Å². The summed E-state index contributed by atoms with van der Waals surface area (Å²) in [5.41, 5.74) is 0. The van der Waals surface area contributed by atoms with Crippen molar-refractivity contribution in [3.8, 4) is 0 Å². The molecule has 2 aliphatic rings. The van der Waals surface area contributed by atoms with Gasteiger partial charge in [0.25, 0.3) is 0 Å². The molecule has 328 valence electrons. The Labute approximate surface area is 340 Å². The van der Waals surface area contributed by atoms with E-state index >= 15 is 0 Å². The van der Waals surface area contributed by atoms with Gasteiger partial charge in [-0.15, -0.1) is 0 Å². The van der Waals surface area contributed by atoms with E-state index in [-0.39, 0.29) is 32.0 Å². The number of hydrogen-bond acceptors (Lipinski definition) is 10. The molecule has 0 aromatic rings. The van der Waals surface area contributed by atoms with Crippen LogP contribution in [-0.4, -0.2) is 89.0 Å². The van der Waals surface area contributed by atoms with Crippen LogP contribution in [0.3, 0.4) is 0 Å². The molecule has 2 rings (SSSR count). The zero-order chi connectivity index (χ0) is 40.6. The highest BCUT2D eigenvalue weighted by Gasteiger charge is 2.44. The van der Waals surface area contributed by atoms with Crippen LogP contribution in [-0.2, 0) is 28.5 Å². The summed E-state index contributed by atoms with van der Waals surface area (Å²) in [6.45, 7) is 3.44. The van der Waals surface area contributed by atoms with Crippen molar-refractivity contribution in [1.29, 1.82) is 0 Å². The molecule has 1 aliphatic carbocycles. The minimum atomic E-state index is -1.59. The van der Waals surface area contributed by atoms with Gasteiger partial charge in [0.2, 0.25) is 0 Å². The van der Waals surface area contributed by atoms with Crippen molar-refractivity contribution in [3.63, 3.8) is 0 Å². The van der Waals surface area contributed by atoms with Crippen LogP contribution in [0.25, 0.3) is 0 Å². The fourth-order valence-corrected chi connectivity index (χ4v) is 7.78. The van der Waals surface area contributed by atoms with Gasteiger partial charge in [-0.25, -0.2) is 0 Å². The topological polar surface area (TPSA) is 152 Å². The molecule has 1 aliphatic heterocycles. The van der Waals surface area contributed by atoms with Crippen molar-refractivity contribution in [3.05, 3.63) is 12.2 Å². The van der Waals surface area contributed by atoms with E-state index in [0.29, 0.717) is 6.42 Å². The Hall–Kier alpha value is -1.56. The second-order valence-corrected chi connectivity index (χ2v) is 16.8. The van der Waals surface area contributed by atoms with Crippen LogP contribution in [0.1, 0.15) is 200 Å². The minimum Gasteiger partial charge on any atom is -0.462 e. The Morgan fingerprint density at radius 3 is 1.62 bits per heavy atom. The van der Waals surface area contributed by atoms with Gasteiger partial charge >= 0.3 is 11.9 Å². The molecule has 2 fully saturated rings. The first kappa shape index (κ1) is 50.6. The summed E-state index contributed by atoms with van der Waals surface area (Å²) in [6.07, 6.45) is 29.8. The fraction of sp³-hybridized carbons (Fsp3) is 0.913. The van der Waals surface area contributed by atoms with Crippen LogP contribution in [0.15, 0.2) is 12.2 Å². The Kier molecular flexibility index (Phi) is 30.1. The van der Waals surface area contributed by atoms with E-state index in [0.717, 1.165) is 63.2 Å². The van der Waals surface area contributed by atoms with Gasteiger partial charge in [0.1, 0.15) is 31.0 Å². The zero-order valence-corrected chi connectivity index (χ0v) is 35.6. The van der Waals surface area contributed by atoms with Gasteiger partial charge < -0.3 is 39.4 Å². The predicted molar refractivity (Wildman–Crippen MR) is 222 cm³/mol. The van der Waals surface area contributed by atoms with Gasteiger partial charge in [-0.3, -0.25) is 9.59 Å². The summed E-state index contributed by atoms with van der Waals surface area (Å²) < 4.78 is 22.2. The molecule has 0 aromatic carbocycles. The largest absolute Gasteiger partial charge is 0.462 e. The monoisotopic (exact) mass is 797 g/mol. The van der Waals surface area contributed by atoms with Crippen molar-refractivity contribution >= 4 is 11.9 Å². The van der Waals surface area contributed by atoms with Crippen molar-refractivity contribution < 1.29 is 49.0 Å². The Morgan fingerprint density at radius 2 is 1.09 bits per heavy atom. The molecular weight excluding hydrogens is 712 g/mol. The maximum Gasteiger partial charge on any atom is 0.306 e. The molecule has 8 atom stereocenters. The van der Waals surface area contributed by atoms with Crippen LogP contribution in [0, 0.1) is 11.8 Å². The Morgan fingerprint density at radius 1 is 0.607 bits per heavy atom. The lowest BCUT2D eigenvalue weighted by Crippen LogP contribution is -2.59. The predicted octanol–water partition coefficient (Wildman–Crippen LogP) is 9.41. The molecule has 1 heterocycles. The van der Waals surface area contributed by atoms with Crippen LogP contribution >= 0.6 is 0 Å². The smallest absolute Gasteiger partial charge is 0.306 e. The summed E-state index contributed by atoms with van der Waals surface area (Å²) >= 11 is 0. The molecule has 10 heteroatoms. The minimum absolute atomic E-state index is 0.213. The molecule has 1 saturated heterocycles. The fourth-order valence-electron chi connectivity index (χ4n) is 7.78. The van der Waals surface area contributed by atoms with Crippen LogP contribution in [0.4, 0.5) is 0 Å². The SMILES string of the molecule is CCCCCCCC/C=C\CCCCCCCC(=O)O[C@H](COC(=O)CCCCCCC[C@H]1C[C@H]1CCCCCCCC)CO[C@H]1O[C@H](CO)[C@@H](O)[C@H](O)[C@H]1O.